The third kappa shape index (κ3) is 2.62. The Balaban J connectivity index is 1.87. The summed E-state index contributed by atoms with van der Waals surface area (Å²) in [5.74, 6) is 0.406. The number of hydrogen-bond donors (Lipinski definition) is 2. The molecule has 0 atom stereocenters. The quantitative estimate of drug-likeness (QED) is 0.772. The van der Waals surface area contributed by atoms with E-state index in [4.69, 9.17) is 0 Å². The molecule has 3 rings (SSSR count). The van der Waals surface area contributed by atoms with Crippen molar-refractivity contribution in [2.24, 2.45) is 0 Å². The molecule has 0 unspecified atom stereocenters. The van der Waals surface area contributed by atoms with Gasteiger partial charge in [0.2, 0.25) is 0 Å². The van der Waals surface area contributed by atoms with E-state index in [2.05, 4.69) is 20.5 Å². The average Bonchev–Trinajstić information content (AvgIpc) is 3.15. The molecule has 3 aromatic rings. The Morgan fingerprint density at radius 2 is 2.14 bits per heavy atom. The fourth-order valence-corrected chi connectivity index (χ4v) is 3.56. The summed E-state index contributed by atoms with van der Waals surface area (Å²) >= 11 is 3.02. The lowest BCUT2D eigenvalue weighted by atomic mass is 10.3. The monoisotopic (exact) mass is 318 g/mol. The number of H-pyrrole nitrogens is 1. The maximum atomic E-state index is 12.4. The van der Waals surface area contributed by atoms with Crippen LogP contribution in [0.25, 0.3) is 10.6 Å². The molecule has 2 N–H and O–H groups in total. The molecule has 0 aromatic carbocycles. The zero-order chi connectivity index (χ0) is 15.0. The van der Waals surface area contributed by atoms with E-state index in [1.165, 1.54) is 11.3 Å². The number of carbonyl (C=O) groups is 1. The van der Waals surface area contributed by atoms with Gasteiger partial charge in [-0.05, 0) is 32.2 Å². The van der Waals surface area contributed by atoms with Crippen LogP contribution in [0.5, 0.6) is 0 Å². The Labute approximate surface area is 130 Å². The van der Waals surface area contributed by atoms with Gasteiger partial charge in [0.15, 0.2) is 5.82 Å². The number of hydrogen-bond acceptors (Lipinski definition) is 5. The van der Waals surface area contributed by atoms with Gasteiger partial charge in [-0.15, -0.1) is 11.3 Å². The van der Waals surface area contributed by atoms with Crippen LogP contribution in [0.3, 0.4) is 0 Å². The van der Waals surface area contributed by atoms with Crippen LogP contribution < -0.4 is 5.32 Å². The fourth-order valence-electron chi connectivity index (χ4n) is 1.89. The Morgan fingerprint density at radius 1 is 1.33 bits per heavy atom. The van der Waals surface area contributed by atoms with E-state index in [0.717, 1.165) is 27.5 Å². The van der Waals surface area contributed by atoms with E-state index in [9.17, 15) is 4.79 Å². The van der Waals surface area contributed by atoms with Gasteiger partial charge in [-0.1, -0.05) is 0 Å². The highest BCUT2D eigenvalue weighted by Crippen LogP contribution is 2.30. The van der Waals surface area contributed by atoms with Gasteiger partial charge in [-0.2, -0.15) is 16.4 Å². The van der Waals surface area contributed by atoms with Gasteiger partial charge < -0.3 is 5.32 Å². The summed E-state index contributed by atoms with van der Waals surface area (Å²) < 4.78 is 0. The molecule has 5 nitrogen and oxygen atoms in total. The molecule has 3 heterocycles. The van der Waals surface area contributed by atoms with Crippen molar-refractivity contribution in [1.29, 1.82) is 0 Å². The number of aromatic nitrogens is 3. The van der Waals surface area contributed by atoms with Crippen LogP contribution in [0.15, 0.2) is 16.8 Å². The predicted octanol–water partition coefficient (Wildman–Crippen LogP) is 3.77. The lowest BCUT2D eigenvalue weighted by molar-refractivity contribution is 0.102. The maximum Gasteiger partial charge on any atom is 0.268 e. The molecule has 0 spiro atoms. The van der Waals surface area contributed by atoms with Gasteiger partial charge >= 0.3 is 0 Å². The van der Waals surface area contributed by atoms with Crippen molar-refractivity contribution in [2.45, 2.75) is 20.8 Å². The van der Waals surface area contributed by atoms with Gasteiger partial charge in [0.1, 0.15) is 9.88 Å². The highest BCUT2D eigenvalue weighted by Gasteiger charge is 2.18. The third-order valence-electron chi connectivity index (χ3n) is 3.26. The van der Waals surface area contributed by atoms with Crippen molar-refractivity contribution < 1.29 is 4.79 Å². The molecule has 0 aliphatic rings. The maximum absolute atomic E-state index is 12.4. The number of nitrogens with one attached hydrogen (secondary N) is 2. The van der Waals surface area contributed by atoms with Crippen LogP contribution >= 0.6 is 22.7 Å². The standard InChI is InChI=1S/C14H14N4OS2/c1-7-8(2)17-18-12(7)16-13(19)11-9(3)15-14(21-11)10-4-5-20-6-10/h4-6H,1-3H3,(H2,16,17,18,19). The second kappa shape index (κ2) is 5.42. The SMILES string of the molecule is Cc1nc(-c2ccsc2)sc1C(=O)Nc1n[nH]c(C)c1C. The minimum absolute atomic E-state index is 0.166. The minimum atomic E-state index is -0.166. The van der Waals surface area contributed by atoms with Crippen LogP contribution in [0.2, 0.25) is 0 Å². The molecule has 1 amide bonds. The van der Waals surface area contributed by atoms with Gasteiger partial charge in [0, 0.05) is 22.2 Å². The van der Waals surface area contributed by atoms with Gasteiger partial charge in [-0.25, -0.2) is 4.98 Å². The molecule has 0 bridgehead atoms. The highest BCUT2D eigenvalue weighted by atomic mass is 32.1. The summed E-state index contributed by atoms with van der Waals surface area (Å²) in [5, 5.41) is 14.7. The number of nitrogens with zero attached hydrogens (tertiary/aromatic N) is 2. The van der Waals surface area contributed by atoms with E-state index in [1.54, 1.807) is 11.3 Å². The Hall–Kier alpha value is -1.99. The van der Waals surface area contributed by atoms with E-state index in [0.29, 0.717) is 10.7 Å². The summed E-state index contributed by atoms with van der Waals surface area (Å²) in [7, 11) is 0. The third-order valence-corrected chi connectivity index (χ3v) is 5.14. The lowest BCUT2D eigenvalue weighted by Gasteiger charge is -2.01. The first-order valence-electron chi connectivity index (χ1n) is 6.39. The first kappa shape index (κ1) is 14.0. The van der Waals surface area contributed by atoms with Crippen LogP contribution in [-0.2, 0) is 0 Å². The van der Waals surface area contributed by atoms with Gasteiger partial charge in [-0.3, -0.25) is 9.89 Å². The number of anilines is 1. The lowest BCUT2D eigenvalue weighted by Crippen LogP contribution is -2.12. The molecule has 21 heavy (non-hydrogen) atoms. The number of aromatic amines is 1. The smallest absolute Gasteiger partial charge is 0.268 e. The van der Waals surface area contributed by atoms with Crippen LogP contribution in [0, 0.1) is 20.8 Å². The summed E-state index contributed by atoms with van der Waals surface area (Å²) in [6, 6.07) is 2.01. The Kier molecular flexibility index (Phi) is 3.60. The normalized spacial score (nSPS) is 10.8. The second-order valence-electron chi connectivity index (χ2n) is 4.72. The molecule has 0 saturated carbocycles. The van der Waals surface area contributed by atoms with E-state index < -0.39 is 0 Å². The number of carbonyl (C=O) groups excluding carboxylic acids is 1. The molecule has 0 radical (unpaired) electrons. The molecular weight excluding hydrogens is 304 g/mol. The number of thiophene rings is 1. The first-order chi connectivity index (χ1) is 10.1. The Morgan fingerprint density at radius 3 is 2.76 bits per heavy atom. The first-order valence-corrected chi connectivity index (χ1v) is 8.15. The minimum Gasteiger partial charge on any atom is -0.304 e. The zero-order valence-electron chi connectivity index (χ0n) is 11.9. The number of thiazole rings is 1. The van der Waals surface area contributed by atoms with Crippen molar-refractivity contribution >= 4 is 34.4 Å². The largest absolute Gasteiger partial charge is 0.304 e. The summed E-state index contributed by atoms with van der Waals surface area (Å²) in [4.78, 5) is 17.5. The van der Waals surface area contributed by atoms with Crippen molar-refractivity contribution in [2.75, 3.05) is 5.32 Å². The van der Waals surface area contributed by atoms with E-state index in [-0.39, 0.29) is 5.91 Å². The average molecular weight is 318 g/mol. The molecule has 0 fully saturated rings. The van der Waals surface area contributed by atoms with Crippen molar-refractivity contribution in [3.05, 3.63) is 38.7 Å². The van der Waals surface area contributed by atoms with Crippen LogP contribution in [0.1, 0.15) is 26.6 Å². The molecule has 0 saturated heterocycles. The van der Waals surface area contributed by atoms with Crippen molar-refractivity contribution in [3.63, 3.8) is 0 Å². The molecule has 108 valence electrons. The molecule has 3 aromatic heterocycles. The van der Waals surface area contributed by atoms with E-state index in [1.807, 2.05) is 37.6 Å². The van der Waals surface area contributed by atoms with Gasteiger partial charge in [0.05, 0.1) is 5.69 Å². The topological polar surface area (TPSA) is 70.7 Å². The molecular formula is C14H14N4OS2. The van der Waals surface area contributed by atoms with Crippen molar-refractivity contribution in [1.82, 2.24) is 15.2 Å². The highest BCUT2D eigenvalue weighted by molar-refractivity contribution is 7.17. The predicted molar refractivity (Wildman–Crippen MR) is 86.2 cm³/mol. The zero-order valence-corrected chi connectivity index (χ0v) is 13.5. The van der Waals surface area contributed by atoms with Crippen molar-refractivity contribution in [3.8, 4) is 10.6 Å². The molecule has 0 aliphatic heterocycles. The second-order valence-corrected chi connectivity index (χ2v) is 6.50. The number of rotatable bonds is 3. The van der Waals surface area contributed by atoms with E-state index >= 15 is 0 Å². The molecule has 7 heteroatoms. The Bertz CT molecular complexity index is 786. The fraction of sp³-hybridized carbons (Fsp3) is 0.214. The summed E-state index contributed by atoms with van der Waals surface area (Å²) in [6.07, 6.45) is 0. The van der Waals surface area contributed by atoms with Crippen LogP contribution in [0.4, 0.5) is 5.82 Å². The number of amides is 1. The summed E-state index contributed by atoms with van der Waals surface area (Å²) in [6.45, 7) is 5.69. The summed E-state index contributed by atoms with van der Waals surface area (Å²) in [5.41, 5.74) is 3.69. The van der Waals surface area contributed by atoms with Crippen LogP contribution in [-0.4, -0.2) is 21.1 Å². The number of aryl methyl sites for hydroxylation is 2. The van der Waals surface area contributed by atoms with Gasteiger partial charge in [0.25, 0.3) is 5.91 Å². The molecule has 0 aliphatic carbocycles.